The van der Waals surface area contributed by atoms with Crippen molar-refractivity contribution in [3.05, 3.63) is 54.9 Å². The topological polar surface area (TPSA) is 138 Å². The maximum atomic E-state index is 13.5. The summed E-state index contributed by atoms with van der Waals surface area (Å²) in [6, 6.07) is 14.7. The number of aliphatic hydroxyl groups is 1. The number of aliphatic hydroxyl groups excluding tert-OH is 1. The van der Waals surface area contributed by atoms with Gasteiger partial charge in [-0.2, -0.15) is 14.3 Å². The number of sulfonamides is 1. The van der Waals surface area contributed by atoms with Crippen molar-refractivity contribution < 1.29 is 18.3 Å². The monoisotopic (exact) mass is 606 g/mol. The molecule has 1 saturated heterocycles. The van der Waals surface area contributed by atoms with Crippen LogP contribution in [0, 0.1) is 0 Å². The van der Waals surface area contributed by atoms with Crippen molar-refractivity contribution in [1.82, 2.24) is 23.8 Å². The number of ether oxygens (including phenoxy) is 1. The zero-order chi connectivity index (χ0) is 30.0. The molecule has 2 fully saturated rings. The molecule has 2 aromatic carbocycles. The Bertz CT molecular complexity index is 1660. The fraction of sp³-hybridized carbons (Fsp3) is 0.433. The summed E-state index contributed by atoms with van der Waals surface area (Å²) in [6.07, 6.45) is 4.72. The number of anilines is 4. The molecule has 2 aromatic heterocycles. The third kappa shape index (κ3) is 6.10. The Labute approximate surface area is 251 Å². The normalized spacial score (nSPS) is 19.8. The molecule has 0 radical (unpaired) electrons. The third-order valence-electron chi connectivity index (χ3n) is 8.25. The Hall–Kier alpha value is -3.94. The average Bonchev–Trinajstić information content (AvgIpc) is 3.46. The third-order valence-corrected chi connectivity index (χ3v) is 10.2. The molecule has 12 nitrogen and oxygen atoms in total. The average molecular weight is 607 g/mol. The first-order valence-electron chi connectivity index (χ1n) is 14.8. The molecule has 2 aliphatic rings. The van der Waals surface area contributed by atoms with E-state index in [0.717, 1.165) is 37.1 Å². The predicted molar refractivity (Wildman–Crippen MR) is 167 cm³/mol. The van der Waals surface area contributed by atoms with Gasteiger partial charge in [-0.3, -0.25) is 0 Å². The zero-order valence-corrected chi connectivity index (χ0v) is 25.3. The van der Waals surface area contributed by atoms with Gasteiger partial charge in [-0.05, 0) is 69.0 Å². The molecule has 1 aliphatic heterocycles. The summed E-state index contributed by atoms with van der Waals surface area (Å²) in [6.45, 7) is 4.66. The van der Waals surface area contributed by atoms with Crippen LogP contribution in [0.4, 0.5) is 23.1 Å². The van der Waals surface area contributed by atoms with E-state index >= 15 is 0 Å². The van der Waals surface area contributed by atoms with E-state index in [4.69, 9.17) is 14.7 Å². The number of rotatable bonds is 9. The maximum absolute atomic E-state index is 13.5. The number of fused-ring (bicyclic) bond motifs is 1. The van der Waals surface area contributed by atoms with Crippen molar-refractivity contribution in [1.29, 1.82) is 0 Å². The van der Waals surface area contributed by atoms with Gasteiger partial charge in [0.1, 0.15) is 5.75 Å². The SMILES string of the molecule is CCn1cnc2c(Nc3ccc(S(=O)(=O)N4CCN(c5ccccc5OC)CC4)cc3)nc(NC3CCC(O)CC3)nc21. The second kappa shape index (κ2) is 12.3. The Morgan fingerprint density at radius 2 is 1.70 bits per heavy atom. The number of piperazine rings is 1. The zero-order valence-electron chi connectivity index (χ0n) is 24.5. The molecule has 0 bridgehead atoms. The van der Waals surface area contributed by atoms with Gasteiger partial charge in [0.25, 0.3) is 0 Å². The smallest absolute Gasteiger partial charge is 0.243 e. The molecule has 3 N–H and O–H groups in total. The van der Waals surface area contributed by atoms with Gasteiger partial charge in [0.15, 0.2) is 17.0 Å². The number of benzene rings is 2. The lowest BCUT2D eigenvalue weighted by Gasteiger charge is -2.35. The summed E-state index contributed by atoms with van der Waals surface area (Å²) in [5, 5.41) is 16.6. The number of aryl methyl sites for hydroxylation is 1. The second-order valence-corrected chi connectivity index (χ2v) is 12.9. The van der Waals surface area contributed by atoms with E-state index in [9.17, 15) is 13.5 Å². The number of nitrogens with zero attached hydrogens (tertiary/aromatic N) is 6. The molecule has 0 atom stereocenters. The van der Waals surface area contributed by atoms with Crippen molar-refractivity contribution in [3.63, 3.8) is 0 Å². The van der Waals surface area contributed by atoms with E-state index in [-0.39, 0.29) is 17.0 Å². The Balaban J connectivity index is 1.17. The minimum absolute atomic E-state index is 0.188. The summed E-state index contributed by atoms with van der Waals surface area (Å²) in [5.41, 5.74) is 3.01. The Morgan fingerprint density at radius 3 is 2.40 bits per heavy atom. The molecular formula is C30H38N8O4S. The molecule has 0 amide bonds. The summed E-state index contributed by atoms with van der Waals surface area (Å²) in [5.74, 6) is 1.82. The Kier molecular flexibility index (Phi) is 8.37. The van der Waals surface area contributed by atoms with Crippen LogP contribution in [-0.2, 0) is 16.6 Å². The van der Waals surface area contributed by atoms with Crippen LogP contribution in [0.1, 0.15) is 32.6 Å². The van der Waals surface area contributed by atoms with Crippen molar-refractivity contribution in [2.45, 2.75) is 56.2 Å². The van der Waals surface area contributed by atoms with Gasteiger partial charge in [-0.1, -0.05) is 12.1 Å². The van der Waals surface area contributed by atoms with Gasteiger partial charge in [0.05, 0.1) is 30.1 Å². The highest BCUT2D eigenvalue weighted by molar-refractivity contribution is 7.89. The fourth-order valence-corrected chi connectivity index (χ4v) is 7.21. The van der Waals surface area contributed by atoms with E-state index in [0.29, 0.717) is 61.3 Å². The van der Waals surface area contributed by atoms with Gasteiger partial charge in [0, 0.05) is 44.5 Å². The van der Waals surface area contributed by atoms with Crippen LogP contribution < -0.4 is 20.3 Å². The van der Waals surface area contributed by atoms with Crippen LogP contribution in [0.15, 0.2) is 59.8 Å². The summed E-state index contributed by atoms with van der Waals surface area (Å²) in [7, 11) is -2.01. The molecule has 3 heterocycles. The van der Waals surface area contributed by atoms with Crippen molar-refractivity contribution in [3.8, 4) is 5.75 Å². The van der Waals surface area contributed by atoms with Crippen molar-refractivity contribution in [2.75, 3.05) is 48.8 Å². The number of para-hydroxylation sites is 2. The highest BCUT2D eigenvalue weighted by Gasteiger charge is 2.29. The Morgan fingerprint density at radius 1 is 0.977 bits per heavy atom. The standard InChI is InChI=1S/C30H38N8O4S/c1-3-36-20-31-27-28(34-30(35-29(27)36)33-22-8-12-23(39)13-9-22)32-21-10-14-24(15-11-21)43(40,41)38-18-16-37(17-19-38)25-6-4-5-7-26(25)42-2/h4-7,10-11,14-15,20,22-23,39H,3,8-9,12-13,16-19H2,1-2H3,(H2,32,33,34,35). The second-order valence-electron chi connectivity index (χ2n) is 11.0. The van der Waals surface area contributed by atoms with Crippen molar-refractivity contribution in [2.24, 2.45) is 0 Å². The van der Waals surface area contributed by atoms with Gasteiger partial charge in [0.2, 0.25) is 16.0 Å². The van der Waals surface area contributed by atoms with Gasteiger partial charge in [-0.25, -0.2) is 13.4 Å². The van der Waals surface area contributed by atoms with Crippen LogP contribution in [-0.4, -0.2) is 82.8 Å². The molecule has 0 unspecified atom stereocenters. The molecule has 6 rings (SSSR count). The van der Waals surface area contributed by atoms with E-state index in [1.807, 2.05) is 35.8 Å². The summed E-state index contributed by atoms with van der Waals surface area (Å²) >= 11 is 0. The molecular weight excluding hydrogens is 568 g/mol. The molecule has 1 aliphatic carbocycles. The van der Waals surface area contributed by atoms with Crippen LogP contribution in [0.5, 0.6) is 5.75 Å². The maximum Gasteiger partial charge on any atom is 0.243 e. The molecule has 43 heavy (non-hydrogen) atoms. The van der Waals surface area contributed by atoms with Crippen LogP contribution >= 0.6 is 0 Å². The quantitative estimate of drug-likeness (QED) is 0.258. The molecule has 13 heteroatoms. The summed E-state index contributed by atoms with van der Waals surface area (Å²) < 4.78 is 36.0. The first kappa shape index (κ1) is 29.1. The lowest BCUT2D eigenvalue weighted by atomic mass is 9.93. The largest absolute Gasteiger partial charge is 0.495 e. The lowest BCUT2D eigenvalue weighted by Crippen LogP contribution is -2.48. The fourth-order valence-electron chi connectivity index (χ4n) is 5.79. The molecule has 4 aromatic rings. The highest BCUT2D eigenvalue weighted by atomic mass is 32.2. The number of hydrogen-bond acceptors (Lipinski definition) is 10. The van der Waals surface area contributed by atoms with E-state index in [1.165, 1.54) is 4.31 Å². The molecule has 1 saturated carbocycles. The first-order valence-corrected chi connectivity index (χ1v) is 16.2. The van der Waals surface area contributed by atoms with Crippen LogP contribution in [0.25, 0.3) is 11.2 Å². The highest BCUT2D eigenvalue weighted by Crippen LogP contribution is 2.31. The van der Waals surface area contributed by atoms with Gasteiger partial charge in [-0.15, -0.1) is 0 Å². The van der Waals surface area contributed by atoms with E-state index in [1.54, 1.807) is 37.7 Å². The van der Waals surface area contributed by atoms with Crippen LogP contribution in [0.2, 0.25) is 0 Å². The van der Waals surface area contributed by atoms with Crippen LogP contribution in [0.3, 0.4) is 0 Å². The number of nitrogens with one attached hydrogen (secondary N) is 2. The number of aromatic nitrogens is 4. The molecule has 0 spiro atoms. The minimum Gasteiger partial charge on any atom is -0.495 e. The number of imidazole rings is 1. The number of hydrogen-bond donors (Lipinski definition) is 3. The van der Waals surface area contributed by atoms with Gasteiger partial charge < -0.3 is 29.9 Å². The van der Waals surface area contributed by atoms with E-state index in [2.05, 4.69) is 20.5 Å². The minimum atomic E-state index is -3.66. The van der Waals surface area contributed by atoms with Gasteiger partial charge >= 0.3 is 0 Å². The van der Waals surface area contributed by atoms with Crippen molar-refractivity contribution >= 4 is 44.3 Å². The summed E-state index contributed by atoms with van der Waals surface area (Å²) in [4.78, 5) is 16.4. The lowest BCUT2D eigenvalue weighted by molar-refractivity contribution is 0.126. The predicted octanol–water partition coefficient (Wildman–Crippen LogP) is 3.82. The number of methoxy groups -OCH3 is 1. The molecule has 228 valence electrons. The van der Waals surface area contributed by atoms with E-state index < -0.39 is 10.0 Å². The first-order chi connectivity index (χ1) is 20.9.